The van der Waals surface area contributed by atoms with Crippen molar-refractivity contribution in [2.24, 2.45) is 7.05 Å². The number of hydrogen-bond donors (Lipinski definition) is 3. The Morgan fingerprint density at radius 2 is 2.10 bits per heavy atom. The Bertz CT molecular complexity index is 706. The van der Waals surface area contributed by atoms with Crippen LogP contribution in [-0.2, 0) is 13.5 Å². The number of carbonyl (C=O) groups is 2. The van der Waals surface area contributed by atoms with Gasteiger partial charge in [0.1, 0.15) is 11.4 Å². The summed E-state index contributed by atoms with van der Waals surface area (Å²) in [5, 5.41) is 15.7. The van der Waals surface area contributed by atoms with Crippen molar-refractivity contribution in [2.75, 3.05) is 11.1 Å². The first-order valence-electron chi connectivity index (χ1n) is 6.39. The minimum absolute atomic E-state index is 0.0464. The molecule has 0 aliphatic carbocycles. The first-order valence-corrected chi connectivity index (χ1v) is 6.39. The highest BCUT2D eigenvalue weighted by molar-refractivity contribution is 6.09. The summed E-state index contributed by atoms with van der Waals surface area (Å²) in [6, 6.07) is 4.89. The molecule has 0 aliphatic rings. The predicted octanol–water partition coefficient (Wildman–Crippen LogP) is 1.52. The minimum atomic E-state index is -1.10. The summed E-state index contributed by atoms with van der Waals surface area (Å²) >= 11 is 0. The number of carboxylic acid groups (broad SMARTS) is 1. The molecule has 7 nitrogen and oxygen atoms in total. The molecule has 1 aromatic heterocycles. The number of carboxylic acids is 1. The van der Waals surface area contributed by atoms with Gasteiger partial charge >= 0.3 is 5.97 Å². The van der Waals surface area contributed by atoms with Crippen LogP contribution in [0.2, 0.25) is 0 Å². The molecule has 2 aromatic rings. The highest BCUT2D eigenvalue weighted by Crippen LogP contribution is 2.20. The number of hydrogen-bond acceptors (Lipinski definition) is 4. The van der Waals surface area contributed by atoms with Crippen LogP contribution in [0.15, 0.2) is 24.4 Å². The molecule has 4 N–H and O–H groups in total. The van der Waals surface area contributed by atoms with Crippen molar-refractivity contribution < 1.29 is 14.7 Å². The van der Waals surface area contributed by atoms with Crippen molar-refractivity contribution in [1.29, 1.82) is 0 Å². The first kappa shape index (κ1) is 14.6. The van der Waals surface area contributed by atoms with Crippen molar-refractivity contribution in [3.63, 3.8) is 0 Å². The van der Waals surface area contributed by atoms with E-state index in [-0.39, 0.29) is 22.6 Å². The lowest BCUT2D eigenvalue weighted by Crippen LogP contribution is -2.16. The van der Waals surface area contributed by atoms with Gasteiger partial charge in [-0.15, -0.1) is 0 Å². The van der Waals surface area contributed by atoms with E-state index in [1.165, 1.54) is 10.9 Å². The van der Waals surface area contributed by atoms with Gasteiger partial charge in [-0.1, -0.05) is 13.0 Å². The minimum Gasteiger partial charge on any atom is -0.478 e. The normalized spacial score (nSPS) is 10.4. The number of carbonyl (C=O) groups excluding carboxylic acids is 1. The Kier molecular flexibility index (Phi) is 3.93. The van der Waals surface area contributed by atoms with Gasteiger partial charge in [0.2, 0.25) is 0 Å². The number of aromatic carboxylic acids is 1. The zero-order chi connectivity index (χ0) is 15.6. The van der Waals surface area contributed by atoms with E-state index in [0.717, 1.165) is 5.56 Å². The van der Waals surface area contributed by atoms with Crippen LogP contribution >= 0.6 is 0 Å². The van der Waals surface area contributed by atoms with Gasteiger partial charge in [-0.3, -0.25) is 9.48 Å². The fourth-order valence-electron chi connectivity index (χ4n) is 1.91. The third-order valence-corrected chi connectivity index (χ3v) is 3.20. The molecule has 0 atom stereocenters. The third kappa shape index (κ3) is 2.86. The molecule has 0 unspecified atom stereocenters. The molecule has 0 bridgehead atoms. The average Bonchev–Trinajstić information content (AvgIpc) is 2.79. The van der Waals surface area contributed by atoms with Gasteiger partial charge in [-0.2, -0.15) is 5.10 Å². The Hall–Kier alpha value is -2.83. The molecule has 1 heterocycles. The molecule has 2 rings (SSSR count). The Balaban J connectivity index is 2.33. The summed E-state index contributed by atoms with van der Waals surface area (Å²) < 4.78 is 1.37. The van der Waals surface area contributed by atoms with Crippen molar-refractivity contribution in [3.8, 4) is 0 Å². The SMILES string of the molecule is CCc1ccc(NC(=O)c2cnn(C)c2N)c(C(=O)O)c1. The maximum Gasteiger partial charge on any atom is 0.337 e. The molecule has 0 fully saturated rings. The highest BCUT2D eigenvalue weighted by atomic mass is 16.4. The van der Waals surface area contributed by atoms with Gasteiger partial charge in [0.05, 0.1) is 17.4 Å². The molecule has 1 aromatic carbocycles. The molecule has 0 saturated heterocycles. The van der Waals surface area contributed by atoms with Crippen LogP contribution in [0, 0.1) is 0 Å². The van der Waals surface area contributed by atoms with Crippen molar-refractivity contribution in [2.45, 2.75) is 13.3 Å². The summed E-state index contributed by atoms with van der Waals surface area (Å²) in [5.74, 6) is -1.37. The summed E-state index contributed by atoms with van der Waals surface area (Å²) in [6.07, 6.45) is 2.05. The topological polar surface area (TPSA) is 110 Å². The van der Waals surface area contributed by atoms with Gasteiger partial charge < -0.3 is 16.2 Å². The lowest BCUT2D eigenvalue weighted by molar-refractivity contribution is 0.0698. The number of nitrogens with zero attached hydrogens (tertiary/aromatic N) is 2. The molecule has 0 saturated carbocycles. The van der Waals surface area contributed by atoms with Crippen LogP contribution in [0.1, 0.15) is 33.2 Å². The maximum atomic E-state index is 12.1. The number of nitrogen functional groups attached to an aromatic ring is 1. The largest absolute Gasteiger partial charge is 0.478 e. The van der Waals surface area contributed by atoms with Crippen LogP contribution in [0.3, 0.4) is 0 Å². The molecule has 0 aliphatic heterocycles. The van der Waals surface area contributed by atoms with Gasteiger partial charge in [0.15, 0.2) is 0 Å². The average molecular weight is 288 g/mol. The van der Waals surface area contributed by atoms with Crippen molar-refractivity contribution in [3.05, 3.63) is 41.1 Å². The third-order valence-electron chi connectivity index (χ3n) is 3.20. The molecular formula is C14H16N4O3. The number of nitrogens with two attached hydrogens (primary N) is 1. The molecule has 1 amide bonds. The Morgan fingerprint density at radius 1 is 1.38 bits per heavy atom. The number of anilines is 2. The summed E-state index contributed by atoms with van der Waals surface area (Å²) in [6.45, 7) is 1.93. The van der Waals surface area contributed by atoms with E-state index in [0.29, 0.717) is 6.42 Å². The van der Waals surface area contributed by atoms with Crippen LogP contribution in [0.25, 0.3) is 0 Å². The van der Waals surface area contributed by atoms with E-state index in [1.807, 2.05) is 6.92 Å². The molecule has 21 heavy (non-hydrogen) atoms. The van der Waals surface area contributed by atoms with E-state index in [9.17, 15) is 14.7 Å². The number of nitrogens with one attached hydrogen (secondary N) is 1. The van der Waals surface area contributed by atoms with E-state index >= 15 is 0 Å². The molecular weight excluding hydrogens is 272 g/mol. The zero-order valence-electron chi connectivity index (χ0n) is 11.8. The first-order chi connectivity index (χ1) is 9.93. The lowest BCUT2D eigenvalue weighted by Gasteiger charge is -2.09. The highest BCUT2D eigenvalue weighted by Gasteiger charge is 2.17. The van der Waals surface area contributed by atoms with Crippen molar-refractivity contribution >= 4 is 23.4 Å². The quantitative estimate of drug-likeness (QED) is 0.790. The van der Waals surface area contributed by atoms with Gasteiger partial charge in [0.25, 0.3) is 5.91 Å². The lowest BCUT2D eigenvalue weighted by atomic mass is 10.1. The van der Waals surface area contributed by atoms with Crippen LogP contribution in [-0.4, -0.2) is 26.8 Å². The van der Waals surface area contributed by atoms with Crippen LogP contribution in [0.5, 0.6) is 0 Å². The number of aromatic nitrogens is 2. The number of aryl methyl sites for hydroxylation is 2. The molecule has 0 radical (unpaired) electrons. The van der Waals surface area contributed by atoms with Gasteiger partial charge in [0, 0.05) is 7.05 Å². The standard InChI is InChI=1S/C14H16N4O3/c1-3-8-4-5-11(9(6-8)14(20)21)17-13(19)10-7-16-18(2)12(10)15/h4-7H,3,15H2,1-2H3,(H,17,19)(H,20,21). The number of benzene rings is 1. The van der Waals surface area contributed by atoms with Crippen LogP contribution in [0.4, 0.5) is 11.5 Å². The second-order valence-electron chi connectivity index (χ2n) is 4.56. The second kappa shape index (κ2) is 5.66. The van der Waals surface area contributed by atoms with E-state index in [1.54, 1.807) is 25.2 Å². The smallest absolute Gasteiger partial charge is 0.337 e. The van der Waals surface area contributed by atoms with Gasteiger partial charge in [-0.05, 0) is 24.1 Å². The molecule has 0 spiro atoms. The molecule has 110 valence electrons. The summed E-state index contributed by atoms with van der Waals surface area (Å²) in [4.78, 5) is 23.4. The zero-order valence-corrected chi connectivity index (χ0v) is 11.8. The van der Waals surface area contributed by atoms with Crippen molar-refractivity contribution in [1.82, 2.24) is 9.78 Å². The van der Waals surface area contributed by atoms with Gasteiger partial charge in [-0.25, -0.2) is 4.79 Å². The Morgan fingerprint density at radius 3 is 2.62 bits per heavy atom. The van der Waals surface area contributed by atoms with E-state index < -0.39 is 11.9 Å². The fraction of sp³-hybridized carbons (Fsp3) is 0.214. The fourth-order valence-corrected chi connectivity index (χ4v) is 1.91. The predicted molar refractivity (Wildman–Crippen MR) is 78.4 cm³/mol. The summed E-state index contributed by atoms with van der Waals surface area (Å²) in [7, 11) is 1.62. The number of amides is 1. The molecule has 7 heteroatoms. The van der Waals surface area contributed by atoms with Crippen LogP contribution < -0.4 is 11.1 Å². The Labute approximate surface area is 121 Å². The second-order valence-corrected chi connectivity index (χ2v) is 4.56. The maximum absolute atomic E-state index is 12.1. The van der Waals surface area contributed by atoms with E-state index in [2.05, 4.69) is 10.4 Å². The van der Waals surface area contributed by atoms with E-state index in [4.69, 9.17) is 5.73 Å². The monoisotopic (exact) mass is 288 g/mol. The summed E-state index contributed by atoms with van der Waals surface area (Å²) in [5.41, 5.74) is 7.08. The number of rotatable bonds is 4.